The summed E-state index contributed by atoms with van der Waals surface area (Å²) in [5.74, 6) is 0.757. The van der Waals surface area contributed by atoms with E-state index in [1.807, 2.05) is 66.7 Å². The lowest BCUT2D eigenvalue weighted by atomic mass is 9.82. The molecule has 1 fully saturated rings. The fraction of sp³-hybridized carbons (Fsp3) is 0.357. The quantitative estimate of drug-likeness (QED) is 0.0990. The molecule has 4 aromatic carbocycles. The molecule has 0 saturated carbocycles. The first-order valence-electron chi connectivity index (χ1n) is 18.2. The minimum absolute atomic E-state index is 0.0522. The normalized spacial score (nSPS) is 21.9. The summed E-state index contributed by atoms with van der Waals surface area (Å²) in [5, 5.41) is 11.6. The van der Waals surface area contributed by atoms with Crippen molar-refractivity contribution in [3.63, 3.8) is 0 Å². The van der Waals surface area contributed by atoms with Crippen LogP contribution in [0.15, 0.2) is 91.0 Å². The minimum Gasteiger partial charge on any atom is -0.497 e. The number of hydrogen-bond donors (Lipinski definition) is 1. The van der Waals surface area contributed by atoms with Gasteiger partial charge in [-0.25, -0.2) is 0 Å². The van der Waals surface area contributed by atoms with Crippen LogP contribution in [0.2, 0.25) is 18.6 Å². The van der Waals surface area contributed by atoms with E-state index in [0.29, 0.717) is 65.5 Å². The van der Waals surface area contributed by atoms with E-state index in [1.165, 1.54) is 12.3 Å². The van der Waals surface area contributed by atoms with Crippen molar-refractivity contribution in [2.45, 2.75) is 62.9 Å². The molecule has 11 heteroatoms. The number of hydrogen-bond acceptors (Lipinski definition) is 8. The maximum absolute atomic E-state index is 15.1. The first-order chi connectivity index (χ1) is 25.6. The Balaban J connectivity index is 1.36. The lowest BCUT2D eigenvalue weighted by Crippen LogP contribution is -2.52. The lowest BCUT2D eigenvalue weighted by Gasteiger charge is -2.37. The van der Waals surface area contributed by atoms with Crippen molar-refractivity contribution in [1.29, 1.82) is 0 Å². The fourth-order valence-corrected chi connectivity index (χ4v) is 12.8. The summed E-state index contributed by atoms with van der Waals surface area (Å²) in [4.78, 5) is 44.9. The number of anilines is 3. The largest absolute Gasteiger partial charge is 0.497 e. The van der Waals surface area contributed by atoms with Crippen LogP contribution in [-0.4, -0.2) is 64.4 Å². The van der Waals surface area contributed by atoms with Gasteiger partial charge >= 0.3 is 5.97 Å². The number of esters is 1. The fourth-order valence-electron chi connectivity index (χ4n) is 8.77. The lowest BCUT2D eigenvalue weighted by molar-refractivity contribution is -0.146. The number of para-hydroxylation sites is 3. The van der Waals surface area contributed by atoms with Crippen molar-refractivity contribution < 1.29 is 38.4 Å². The number of aliphatic hydroxyl groups is 1. The summed E-state index contributed by atoms with van der Waals surface area (Å²) in [6.07, 6.45) is 1.36. The number of methoxy groups -OCH3 is 2. The Bertz CT molecular complexity index is 2030. The number of amides is 2. The van der Waals surface area contributed by atoms with E-state index in [4.69, 9.17) is 18.9 Å². The molecule has 10 nitrogen and oxygen atoms in total. The van der Waals surface area contributed by atoms with E-state index in [2.05, 4.69) is 32.2 Å². The predicted octanol–water partition coefficient (Wildman–Crippen LogP) is 7.07. The summed E-state index contributed by atoms with van der Waals surface area (Å²) in [7, 11) is 0.613. The van der Waals surface area contributed by atoms with Gasteiger partial charge in [-0.3, -0.25) is 19.3 Å². The third-order valence-electron chi connectivity index (χ3n) is 11.4. The number of nitrogens with zero attached hydrogens (tertiary/aromatic N) is 2. The Hall–Kier alpha value is -4.97. The van der Waals surface area contributed by atoms with Crippen molar-refractivity contribution in [3.8, 4) is 17.2 Å². The molecule has 4 atom stereocenters. The Morgan fingerprint density at radius 3 is 2.34 bits per heavy atom. The number of fused-ring (bicyclic) bond motifs is 4. The van der Waals surface area contributed by atoms with Gasteiger partial charge in [0, 0.05) is 36.7 Å². The van der Waals surface area contributed by atoms with Crippen LogP contribution in [0.25, 0.3) is 0 Å². The molecule has 0 radical (unpaired) electrons. The van der Waals surface area contributed by atoms with Gasteiger partial charge in [-0.1, -0.05) is 61.6 Å². The summed E-state index contributed by atoms with van der Waals surface area (Å²) < 4.78 is 23.7. The molecule has 0 bridgehead atoms. The maximum atomic E-state index is 15.1. The SMILES string of the molecule is COC(=O)CCCCN1C(=O)[C@]2(O[C@H](CCO)[C@@H]([Si](C)(C)c3ccc(OC)cc3)[C@@H]2C)c2cc(N3C(=O)c4ccccc4Oc4ccccc43)ccc21. The zero-order valence-electron chi connectivity index (χ0n) is 30.8. The predicted molar refractivity (Wildman–Crippen MR) is 205 cm³/mol. The molecule has 276 valence electrons. The molecule has 3 aliphatic rings. The highest BCUT2D eigenvalue weighted by molar-refractivity contribution is 6.91. The van der Waals surface area contributed by atoms with E-state index in [0.717, 1.165) is 5.75 Å². The number of carbonyl (C=O) groups is 3. The third kappa shape index (κ3) is 6.10. The van der Waals surface area contributed by atoms with Crippen molar-refractivity contribution in [2.24, 2.45) is 5.92 Å². The highest BCUT2D eigenvalue weighted by Crippen LogP contribution is 2.60. The summed E-state index contributed by atoms with van der Waals surface area (Å²) in [6.45, 7) is 6.99. The molecule has 3 heterocycles. The van der Waals surface area contributed by atoms with E-state index >= 15 is 4.79 Å². The summed E-state index contributed by atoms with van der Waals surface area (Å²) >= 11 is 0. The average molecular weight is 735 g/mol. The van der Waals surface area contributed by atoms with Crippen LogP contribution in [0.4, 0.5) is 17.1 Å². The Labute approximate surface area is 311 Å². The summed E-state index contributed by atoms with van der Waals surface area (Å²) in [6, 6.07) is 28.5. The number of unbranched alkanes of at least 4 members (excludes halogenated alkanes) is 1. The van der Waals surface area contributed by atoms with Gasteiger partial charge < -0.3 is 29.0 Å². The highest BCUT2D eigenvalue weighted by atomic mass is 28.3. The number of benzene rings is 4. The third-order valence-corrected chi connectivity index (χ3v) is 15.7. The molecule has 2 amide bonds. The molecule has 53 heavy (non-hydrogen) atoms. The monoisotopic (exact) mass is 734 g/mol. The summed E-state index contributed by atoms with van der Waals surface area (Å²) in [5.41, 5.74) is 1.54. The number of ether oxygens (including phenoxy) is 4. The topological polar surface area (TPSA) is 115 Å². The van der Waals surface area contributed by atoms with Gasteiger partial charge in [0.1, 0.15) is 11.5 Å². The minimum atomic E-state index is -2.41. The Morgan fingerprint density at radius 1 is 0.906 bits per heavy atom. The second-order valence-corrected chi connectivity index (χ2v) is 19.3. The Morgan fingerprint density at radius 2 is 1.62 bits per heavy atom. The zero-order chi connectivity index (χ0) is 37.5. The first kappa shape index (κ1) is 36.4. The molecule has 3 aliphatic heterocycles. The van der Waals surface area contributed by atoms with Crippen LogP contribution in [0.3, 0.4) is 0 Å². The molecule has 0 unspecified atom stereocenters. The molecule has 1 spiro atoms. The first-order valence-corrected chi connectivity index (χ1v) is 21.3. The van der Waals surface area contributed by atoms with E-state index < -0.39 is 19.8 Å². The van der Waals surface area contributed by atoms with Crippen LogP contribution >= 0.6 is 0 Å². The van der Waals surface area contributed by atoms with Crippen molar-refractivity contribution in [2.75, 3.05) is 37.2 Å². The van der Waals surface area contributed by atoms with Crippen LogP contribution in [0.5, 0.6) is 17.2 Å². The van der Waals surface area contributed by atoms with E-state index in [-0.39, 0.29) is 42.3 Å². The molecule has 0 aliphatic carbocycles. The van der Waals surface area contributed by atoms with E-state index in [1.54, 1.807) is 29.0 Å². The van der Waals surface area contributed by atoms with Crippen molar-refractivity contribution >= 4 is 48.1 Å². The number of aliphatic hydroxyl groups excluding tert-OH is 1. The second-order valence-electron chi connectivity index (χ2n) is 14.6. The number of carbonyl (C=O) groups excluding carboxylic acids is 3. The van der Waals surface area contributed by atoms with Gasteiger partial charge in [0.25, 0.3) is 11.8 Å². The van der Waals surface area contributed by atoms with Crippen LogP contribution < -0.4 is 24.5 Å². The number of rotatable bonds is 11. The van der Waals surface area contributed by atoms with Gasteiger partial charge in [-0.05, 0) is 79.4 Å². The van der Waals surface area contributed by atoms with Gasteiger partial charge in [0.15, 0.2) is 11.4 Å². The van der Waals surface area contributed by atoms with E-state index in [9.17, 15) is 14.7 Å². The van der Waals surface area contributed by atoms with Gasteiger partial charge in [0.2, 0.25) is 0 Å². The van der Waals surface area contributed by atoms with Crippen LogP contribution in [0.1, 0.15) is 48.5 Å². The second kappa shape index (κ2) is 14.5. The van der Waals surface area contributed by atoms with Crippen LogP contribution in [0, 0.1) is 5.92 Å². The van der Waals surface area contributed by atoms with Gasteiger partial charge in [0.05, 0.1) is 45.3 Å². The smallest absolute Gasteiger partial charge is 0.305 e. The van der Waals surface area contributed by atoms with Gasteiger partial charge in [-0.15, -0.1) is 0 Å². The molecule has 1 N–H and O–H groups in total. The average Bonchev–Trinajstić information content (AvgIpc) is 3.54. The van der Waals surface area contributed by atoms with Gasteiger partial charge in [-0.2, -0.15) is 0 Å². The maximum Gasteiger partial charge on any atom is 0.305 e. The molecule has 4 aromatic rings. The zero-order valence-corrected chi connectivity index (χ0v) is 31.8. The highest BCUT2D eigenvalue weighted by Gasteiger charge is 2.66. The standard InChI is InChI=1S/C42H46N2O8Si/c1-27-39(53(4,5)30-20-18-29(49-2)19-21-30)37(23-25-45)52-42(27)32-26-28(17-22-33(32)43(41(42)48)24-11-10-16-38(46)50-3)44-34-13-7-9-15-36(34)51-35-14-8-6-12-31(35)40(44)47/h6-9,12-15,17-22,26-27,37,39,45H,10-11,16,23-25H2,1-5H3/t27-,37+,39-,42+/m0/s1. The molecular formula is C42H46N2O8Si. The molecule has 0 aromatic heterocycles. The van der Waals surface area contributed by atoms with Crippen molar-refractivity contribution in [3.05, 3.63) is 102 Å². The molecular weight excluding hydrogens is 689 g/mol. The molecule has 1 saturated heterocycles. The van der Waals surface area contributed by atoms with Crippen LogP contribution in [-0.2, 0) is 24.7 Å². The van der Waals surface area contributed by atoms with Crippen molar-refractivity contribution in [1.82, 2.24) is 0 Å². The Kier molecular flexibility index (Phi) is 9.92. The molecule has 7 rings (SSSR count).